The zero-order chi connectivity index (χ0) is 13.7. The third kappa shape index (κ3) is 4.43. The lowest BCUT2D eigenvalue weighted by Gasteiger charge is -2.20. The summed E-state index contributed by atoms with van der Waals surface area (Å²) in [5.74, 6) is 0.609. The van der Waals surface area contributed by atoms with Gasteiger partial charge in [0.05, 0.1) is 5.75 Å². The second-order valence-electron chi connectivity index (χ2n) is 5.03. The van der Waals surface area contributed by atoms with Crippen molar-refractivity contribution in [2.24, 2.45) is 0 Å². The fourth-order valence-electron chi connectivity index (χ4n) is 2.35. The molecule has 1 fully saturated rings. The van der Waals surface area contributed by atoms with Crippen LogP contribution in [0.15, 0.2) is 18.2 Å². The molecule has 2 rings (SSSR count). The highest BCUT2D eigenvalue weighted by atomic mass is 35.5. The highest BCUT2D eigenvalue weighted by Crippen LogP contribution is 2.28. The van der Waals surface area contributed by atoms with E-state index in [-0.39, 0.29) is 5.91 Å². The molecule has 1 saturated carbocycles. The minimum Gasteiger partial charge on any atom is -0.325 e. The van der Waals surface area contributed by atoms with E-state index in [1.165, 1.54) is 32.1 Å². The monoisotopic (exact) mass is 297 g/mol. The molecule has 1 aliphatic rings. The Bertz CT molecular complexity index is 444. The van der Waals surface area contributed by atoms with Gasteiger partial charge in [-0.15, -0.1) is 11.8 Å². The van der Waals surface area contributed by atoms with Gasteiger partial charge in [0.1, 0.15) is 0 Å². The third-order valence-corrected chi connectivity index (χ3v) is 5.33. The van der Waals surface area contributed by atoms with E-state index in [1.807, 2.05) is 25.1 Å². The van der Waals surface area contributed by atoms with Crippen molar-refractivity contribution in [3.05, 3.63) is 28.8 Å². The number of nitrogens with one attached hydrogen (secondary N) is 1. The molecular formula is C15H20ClNOS. The van der Waals surface area contributed by atoms with Gasteiger partial charge in [0.25, 0.3) is 0 Å². The number of amides is 1. The zero-order valence-corrected chi connectivity index (χ0v) is 12.8. The lowest BCUT2D eigenvalue weighted by Crippen LogP contribution is -2.18. The van der Waals surface area contributed by atoms with Crippen LogP contribution in [0.25, 0.3) is 0 Å². The molecule has 104 valence electrons. The molecule has 19 heavy (non-hydrogen) atoms. The number of carbonyl (C=O) groups excluding carboxylic acids is 1. The number of hydrogen-bond acceptors (Lipinski definition) is 2. The summed E-state index contributed by atoms with van der Waals surface area (Å²) in [6.45, 7) is 1.92. The maximum absolute atomic E-state index is 11.9. The van der Waals surface area contributed by atoms with Crippen LogP contribution in [0.5, 0.6) is 0 Å². The average molecular weight is 298 g/mol. The Morgan fingerprint density at radius 2 is 2.11 bits per heavy atom. The molecule has 0 spiro atoms. The van der Waals surface area contributed by atoms with Crippen molar-refractivity contribution >= 4 is 35.0 Å². The Hall–Kier alpha value is -0.670. The van der Waals surface area contributed by atoms with E-state index in [1.54, 1.807) is 11.8 Å². The Labute approximate surface area is 124 Å². The van der Waals surface area contributed by atoms with Crippen molar-refractivity contribution in [1.29, 1.82) is 0 Å². The van der Waals surface area contributed by atoms with Gasteiger partial charge in [-0.3, -0.25) is 4.79 Å². The molecule has 1 aromatic rings. The second-order valence-corrected chi connectivity index (χ2v) is 6.73. The molecule has 0 heterocycles. The lowest BCUT2D eigenvalue weighted by atomic mass is 10.0. The van der Waals surface area contributed by atoms with Crippen molar-refractivity contribution in [3.63, 3.8) is 0 Å². The molecule has 0 unspecified atom stereocenters. The summed E-state index contributed by atoms with van der Waals surface area (Å²) in [7, 11) is 0. The van der Waals surface area contributed by atoms with E-state index in [4.69, 9.17) is 11.6 Å². The summed E-state index contributed by atoms with van der Waals surface area (Å²) in [6, 6.07) is 5.59. The maximum atomic E-state index is 11.9. The quantitative estimate of drug-likeness (QED) is 0.876. The van der Waals surface area contributed by atoms with Crippen molar-refractivity contribution in [2.75, 3.05) is 11.1 Å². The fourth-order valence-corrected chi connectivity index (χ4v) is 3.65. The molecule has 1 amide bonds. The summed E-state index contributed by atoms with van der Waals surface area (Å²) in [5, 5.41) is 4.31. The third-order valence-electron chi connectivity index (χ3n) is 3.54. The van der Waals surface area contributed by atoms with Crippen LogP contribution in [0.3, 0.4) is 0 Å². The van der Waals surface area contributed by atoms with Crippen molar-refractivity contribution in [2.45, 2.75) is 44.3 Å². The fraction of sp³-hybridized carbons (Fsp3) is 0.533. The largest absolute Gasteiger partial charge is 0.325 e. The summed E-state index contributed by atoms with van der Waals surface area (Å²) < 4.78 is 0. The van der Waals surface area contributed by atoms with Crippen LogP contribution in [0.4, 0.5) is 5.69 Å². The van der Waals surface area contributed by atoms with E-state index >= 15 is 0 Å². The van der Waals surface area contributed by atoms with Crippen LogP contribution in [-0.2, 0) is 4.79 Å². The van der Waals surface area contributed by atoms with Gasteiger partial charge in [-0.05, 0) is 37.5 Å². The first-order valence-electron chi connectivity index (χ1n) is 6.83. The highest BCUT2D eigenvalue weighted by Gasteiger charge is 2.15. The first-order chi connectivity index (χ1) is 9.16. The standard InChI is InChI=1S/C15H20ClNOS/c1-11-13(16)8-5-9-14(11)17-15(18)10-19-12-6-3-2-4-7-12/h5,8-9,12H,2-4,6-7,10H2,1H3,(H,17,18). The first-order valence-corrected chi connectivity index (χ1v) is 8.26. The van der Waals surface area contributed by atoms with Crippen molar-refractivity contribution in [3.8, 4) is 0 Å². The number of rotatable bonds is 4. The van der Waals surface area contributed by atoms with Gasteiger partial charge in [-0.25, -0.2) is 0 Å². The topological polar surface area (TPSA) is 29.1 Å². The van der Waals surface area contributed by atoms with Crippen LogP contribution in [0.1, 0.15) is 37.7 Å². The summed E-state index contributed by atoms with van der Waals surface area (Å²) in [6.07, 6.45) is 6.49. The molecule has 0 radical (unpaired) electrons. The van der Waals surface area contributed by atoms with E-state index in [9.17, 15) is 4.79 Å². The summed E-state index contributed by atoms with van der Waals surface area (Å²) in [4.78, 5) is 11.9. The predicted octanol–water partition coefficient (Wildman–Crippen LogP) is 4.65. The van der Waals surface area contributed by atoms with Crippen LogP contribution in [-0.4, -0.2) is 16.9 Å². The molecule has 0 saturated heterocycles. The van der Waals surface area contributed by atoms with Gasteiger partial charge < -0.3 is 5.32 Å². The molecule has 0 aliphatic heterocycles. The molecule has 0 aromatic heterocycles. The lowest BCUT2D eigenvalue weighted by molar-refractivity contribution is -0.113. The van der Waals surface area contributed by atoms with E-state index < -0.39 is 0 Å². The van der Waals surface area contributed by atoms with E-state index in [0.717, 1.165) is 11.3 Å². The Morgan fingerprint density at radius 1 is 1.37 bits per heavy atom. The van der Waals surface area contributed by atoms with Crippen molar-refractivity contribution < 1.29 is 4.79 Å². The van der Waals surface area contributed by atoms with Crippen LogP contribution < -0.4 is 5.32 Å². The molecule has 1 aromatic carbocycles. The molecule has 2 nitrogen and oxygen atoms in total. The Balaban J connectivity index is 1.82. The second kappa shape index (κ2) is 7.20. The maximum Gasteiger partial charge on any atom is 0.234 e. The minimum absolute atomic E-state index is 0.0703. The van der Waals surface area contributed by atoms with Gasteiger partial charge in [0.2, 0.25) is 5.91 Å². The van der Waals surface area contributed by atoms with Gasteiger partial charge in [0.15, 0.2) is 0 Å². The SMILES string of the molecule is Cc1c(Cl)cccc1NC(=O)CSC1CCCCC1. The number of benzene rings is 1. The molecular weight excluding hydrogens is 278 g/mol. The van der Waals surface area contributed by atoms with E-state index in [0.29, 0.717) is 16.0 Å². The van der Waals surface area contributed by atoms with Crippen LogP contribution >= 0.6 is 23.4 Å². The zero-order valence-electron chi connectivity index (χ0n) is 11.2. The highest BCUT2D eigenvalue weighted by molar-refractivity contribution is 8.00. The molecule has 0 atom stereocenters. The molecule has 1 N–H and O–H groups in total. The predicted molar refractivity (Wildman–Crippen MR) is 84.1 cm³/mol. The van der Waals surface area contributed by atoms with E-state index in [2.05, 4.69) is 5.32 Å². The first kappa shape index (κ1) is 14.7. The number of halogens is 1. The molecule has 0 bridgehead atoms. The number of anilines is 1. The van der Waals surface area contributed by atoms with Gasteiger partial charge in [0, 0.05) is 16.0 Å². The van der Waals surface area contributed by atoms with Crippen LogP contribution in [0, 0.1) is 6.92 Å². The van der Waals surface area contributed by atoms with Gasteiger partial charge >= 0.3 is 0 Å². The number of hydrogen-bond donors (Lipinski definition) is 1. The Kier molecular flexibility index (Phi) is 5.59. The summed E-state index contributed by atoms with van der Waals surface area (Å²) >= 11 is 7.83. The van der Waals surface area contributed by atoms with Crippen molar-refractivity contribution in [1.82, 2.24) is 0 Å². The van der Waals surface area contributed by atoms with Gasteiger partial charge in [-0.1, -0.05) is 36.9 Å². The molecule has 1 aliphatic carbocycles. The van der Waals surface area contributed by atoms with Crippen LogP contribution in [0.2, 0.25) is 5.02 Å². The minimum atomic E-state index is 0.0703. The average Bonchev–Trinajstić information content (AvgIpc) is 2.43. The summed E-state index contributed by atoms with van der Waals surface area (Å²) in [5.41, 5.74) is 1.75. The number of carbonyl (C=O) groups is 1. The number of thioether (sulfide) groups is 1. The van der Waals surface area contributed by atoms with Gasteiger partial charge in [-0.2, -0.15) is 0 Å². The Morgan fingerprint density at radius 3 is 2.84 bits per heavy atom. The normalized spacial score (nSPS) is 16.3. The smallest absolute Gasteiger partial charge is 0.234 e. The molecule has 4 heteroatoms.